The lowest BCUT2D eigenvalue weighted by atomic mass is 10.1. The van der Waals surface area contributed by atoms with Crippen molar-refractivity contribution in [2.75, 3.05) is 14.2 Å². The number of methoxy groups -OCH3 is 2. The molecule has 0 N–H and O–H groups in total. The van der Waals surface area contributed by atoms with Crippen molar-refractivity contribution in [3.8, 4) is 11.5 Å². The third-order valence-electron chi connectivity index (χ3n) is 3.60. The normalized spacial score (nSPS) is 15.3. The van der Waals surface area contributed by atoms with Crippen LogP contribution in [-0.2, 0) is 10.5 Å². The van der Waals surface area contributed by atoms with Gasteiger partial charge in [-0.05, 0) is 35.0 Å². The van der Waals surface area contributed by atoms with Crippen molar-refractivity contribution in [2.24, 2.45) is 4.99 Å². The van der Waals surface area contributed by atoms with Crippen LogP contribution in [0.4, 0.5) is 0 Å². The Hall–Kier alpha value is -1.89. The van der Waals surface area contributed by atoms with E-state index in [0.29, 0.717) is 27.8 Å². The minimum absolute atomic E-state index is 0.0913. The molecule has 0 saturated heterocycles. The molecule has 134 valence electrons. The molecule has 1 heterocycles. The number of hydrogen-bond acceptors (Lipinski definition) is 6. The number of nitrogens with zero attached hydrogens (tertiary/aromatic N) is 1. The minimum Gasteiger partial charge on any atom is -0.493 e. The van der Waals surface area contributed by atoms with Crippen LogP contribution >= 0.6 is 35.1 Å². The van der Waals surface area contributed by atoms with Crippen LogP contribution in [0, 0.1) is 0 Å². The molecule has 0 unspecified atom stereocenters. The maximum atomic E-state index is 12.3. The highest BCUT2D eigenvalue weighted by Crippen LogP contribution is 2.37. The summed E-state index contributed by atoms with van der Waals surface area (Å²) >= 11 is 8.98. The van der Waals surface area contributed by atoms with Crippen LogP contribution in [0.15, 0.2) is 53.2 Å². The van der Waals surface area contributed by atoms with E-state index in [4.69, 9.17) is 21.1 Å². The molecule has 2 aromatic carbocycles. The lowest BCUT2D eigenvalue weighted by Gasteiger charge is -2.09. The second-order valence-electron chi connectivity index (χ2n) is 5.30. The van der Waals surface area contributed by atoms with Gasteiger partial charge in [-0.3, -0.25) is 4.79 Å². The topological polar surface area (TPSA) is 47.9 Å². The van der Waals surface area contributed by atoms with Gasteiger partial charge in [0.05, 0.1) is 19.2 Å². The predicted molar refractivity (Wildman–Crippen MR) is 110 cm³/mol. The summed E-state index contributed by atoms with van der Waals surface area (Å²) in [5.74, 6) is 1.85. The van der Waals surface area contributed by atoms with Crippen molar-refractivity contribution in [3.05, 3.63) is 64.3 Å². The van der Waals surface area contributed by atoms with E-state index in [1.165, 1.54) is 5.56 Å². The molecule has 0 aliphatic carbocycles. The van der Waals surface area contributed by atoms with E-state index in [0.717, 1.165) is 21.9 Å². The van der Waals surface area contributed by atoms with Gasteiger partial charge in [-0.25, -0.2) is 4.99 Å². The fraction of sp³-hybridized carbons (Fsp3) is 0.158. The Morgan fingerprint density at radius 3 is 2.54 bits per heavy atom. The highest BCUT2D eigenvalue weighted by atomic mass is 35.5. The number of benzene rings is 2. The number of halogens is 1. The summed E-state index contributed by atoms with van der Waals surface area (Å²) in [6.45, 7) is 0. The van der Waals surface area contributed by atoms with Crippen molar-refractivity contribution in [2.45, 2.75) is 5.75 Å². The molecule has 1 aliphatic rings. The van der Waals surface area contributed by atoms with Crippen LogP contribution in [0.25, 0.3) is 6.08 Å². The van der Waals surface area contributed by atoms with Crippen molar-refractivity contribution in [3.63, 3.8) is 0 Å². The number of rotatable bonds is 5. The highest BCUT2D eigenvalue weighted by molar-refractivity contribution is 8.45. The van der Waals surface area contributed by atoms with E-state index in [1.807, 2.05) is 18.2 Å². The van der Waals surface area contributed by atoms with E-state index >= 15 is 0 Å². The summed E-state index contributed by atoms with van der Waals surface area (Å²) in [4.78, 5) is 16.7. The van der Waals surface area contributed by atoms with Crippen LogP contribution in [0.5, 0.6) is 11.5 Å². The van der Waals surface area contributed by atoms with Gasteiger partial charge in [0.1, 0.15) is 10.1 Å². The fourth-order valence-corrected chi connectivity index (χ4v) is 4.30. The summed E-state index contributed by atoms with van der Waals surface area (Å²) in [5, 5.41) is 0.375. The molecule has 0 spiro atoms. The molecular weight excluding hydrogens is 390 g/mol. The third-order valence-corrected chi connectivity index (χ3v) is 6.01. The first-order valence-corrected chi connectivity index (χ1v) is 9.89. The van der Waals surface area contributed by atoms with Gasteiger partial charge >= 0.3 is 0 Å². The first kappa shape index (κ1) is 18.9. The molecule has 4 nitrogen and oxygen atoms in total. The van der Waals surface area contributed by atoms with E-state index in [2.05, 4.69) is 17.1 Å². The molecule has 0 fully saturated rings. The molecule has 2 aromatic rings. The van der Waals surface area contributed by atoms with Crippen LogP contribution in [0.2, 0.25) is 5.02 Å². The Morgan fingerprint density at radius 1 is 1.15 bits per heavy atom. The van der Waals surface area contributed by atoms with Gasteiger partial charge in [0, 0.05) is 11.8 Å². The standard InChI is InChI=1S/C19H16ClNO3S2/c1-23-16-9-13(14(20)10-17(16)24-2)8-15-18(22)26-19(21-15)25-11-12-6-4-3-5-7-12/h3-10H,11H2,1-2H3/b15-8+. The average Bonchev–Trinajstić information content (AvgIpc) is 3.01. The quantitative estimate of drug-likeness (QED) is 0.635. The number of carbonyl (C=O) groups excluding carboxylic acids is 1. The Kier molecular flexibility index (Phi) is 6.29. The van der Waals surface area contributed by atoms with Gasteiger partial charge in [0.25, 0.3) is 0 Å². The second-order valence-corrected chi connectivity index (χ2v) is 7.89. The van der Waals surface area contributed by atoms with Gasteiger partial charge in [0.2, 0.25) is 5.12 Å². The van der Waals surface area contributed by atoms with E-state index in [9.17, 15) is 4.79 Å². The SMILES string of the molecule is COc1cc(Cl)c(/C=C2/N=C(SCc3ccccc3)SC2=O)cc1OC. The summed E-state index contributed by atoms with van der Waals surface area (Å²) in [5.41, 5.74) is 2.22. The molecule has 0 aromatic heterocycles. The van der Waals surface area contributed by atoms with Gasteiger partial charge < -0.3 is 9.47 Å². The molecule has 0 bridgehead atoms. The third kappa shape index (κ3) is 4.44. The van der Waals surface area contributed by atoms with Crippen molar-refractivity contribution in [1.29, 1.82) is 0 Å². The summed E-state index contributed by atoms with van der Waals surface area (Å²) < 4.78 is 11.2. The maximum absolute atomic E-state index is 12.3. The lowest BCUT2D eigenvalue weighted by molar-refractivity contribution is -0.107. The van der Waals surface area contributed by atoms with Crippen molar-refractivity contribution < 1.29 is 14.3 Å². The van der Waals surface area contributed by atoms with Gasteiger partial charge in [-0.1, -0.05) is 53.7 Å². The molecule has 26 heavy (non-hydrogen) atoms. The Balaban J connectivity index is 1.80. The monoisotopic (exact) mass is 405 g/mol. The Morgan fingerprint density at radius 2 is 1.85 bits per heavy atom. The zero-order valence-electron chi connectivity index (χ0n) is 14.2. The van der Waals surface area contributed by atoms with Crippen LogP contribution < -0.4 is 9.47 Å². The molecular formula is C19H16ClNO3S2. The van der Waals surface area contributed by atoms with E-state index in [1.54, 1.807) is 44.2 Å². The molecule has 0 radical (unpaired) electrons. The Bertz CT molecular complexity index is 882. The molecule has 7 heteroatoms. The largest absolute Gasteiger partial charge is 0.493 e. The first-order chi connectivity index (χ1) is 12.6. The fourth-order valence-electron chi connectivity index (χ4n) is 2.30. The molecule has 1 aliphatic heterocycles. The van der Waals surface area contributed by atoms with Crippen molar-refractivity contribution in [1.82, 2.24) is 0 Å². The van der Waals surface area contributed by atoms with Gasteiger partial charge in [-0.2, -0.15) is 0 Å². The number of thioether (sulfide) groups is 2. The van der Waals surface area contributed by atoms with E-state index < -0.39 is 0 Å². The number of carbonyl (C=O) groups is 1. The smallest absolute Gasteiger partial charge is 0.244 e. The van der Waals surface area contributed by atoms with Crippen molar-refractivity contribution >= 4 is 50.7 Å². The zero-order chi connectivity index (χ0) is 18.5. The number of ether oxygens (including phenoxy) is 2. The predicted octanol–water partition coefficient (Wildman–Crippen LogP) is 5.26. The molecule has 3 rings (SSSR count). The zero-order valence-corrected chi connectivity index (χ0v) is 16.6. The first-order valence-electron chi connectivity index (χ1n) is 7.71. The van der Waals surface area contributed by atoms with Gasteiger partial charge in [-0.15, -0.1) is 0 Å². The summed E-state index contributed by atoms with van der Waals surface area (Å²) in [6, 6.07) is 13.5. The minimum atomic E-state index is -0.0913. The number of hydrogen-bond donors (Lipinski definition) is 0. The molecule has 0 atom stereocenters. The van der Waals surface area contributed by atoms with E-state index in [-0.39, 0.29) is 5.12 Å². The summed E-state index contributed by atoms with van der Waals surface area (Å²) in [6.07, 6.45) is 1.68. The maximum Gasteiger partial charge on any atom is 0.244 e. The van der Waals surface area contributed by atoms with Crippen LogP contribution in [-0.4, -0.2) is 23.7 Å². The summed E-state index contributed by atoms with van der Waals surface area (Å²) in [7, 11) is 3.10. The molecule has 0 amide bonds. The number of aliphatic imine (C=N–C) groups is 1. The highest BCUT2D eigenvalue weighted by Gasteiger charge is 2.23. The van der Waals surface area contributed by atoms with Gasteiger partial charge in [0.15, 0.2) is 11.5 Å². The van der Waals surface area contributed by atoms with Crippen LogP contribution in [0.3, 0.4) is 0 Å². The molecule has 0 saturated carbocycles. The Labute approximate surface area is 165 Å². The van der Waals surface area contributed by atoms with Crippen LogP contribution in [0.1, 0.15) is 11.1 Å². The lowest BCUT2D eigenvalue weighted by Crippen LogP contribution is -1.93. The average molecular weight is 406 g/mol. The second kappa shape index (κ2) is 8.66.